The number of methoxy groups -OCH3 is 2. The molecule has 0 fully saturated rings. The molecule has 1 amide bonds. The van der Waals surface area contributed by atoms with E-state index in [1.807, 2.05) is 23.7 Å². The lowest BCUT2D eigenvalue weighted by Gasteiger charge is -2.15. The van der Waals surface area contributed by atoms with E-state index < -0.39 is 23.9 Å². The second kappa shape index (κ2) is 12.1. The zero-order valence-corrected chi connectivity index (χ0v) is 20.3. The number of thioether (sulfide) groups is 1. The van der Waals surface area contributed by atoms with Gasteiger partial charge in [0.15, 0.2) is 5.16 Å². The van der Waals surface area contributed by atoms with Crippen molar-refractivity contribution in [2.45, 2.75) is 24.0 Å². The van der Waals surface area contributed by atoms with Crippen LogP contribution in [0.25, 0.3) is 22.5 Å². The molecule has 0 aliphatic heterocycles. The van der Waals surface area contributed by atoms with Crippen molar-refractivity contribution in [1.82, 2.24) is 19.9 Å². The van der Waals surface area contributed by atoms with Gasteiger partial charge in [-0.05, 0) is 42.8 Å². The van der Waals surface area contributed by atoms with Gasteiger partial charge >= 0.3 is 11.9 Å². The second-order valence-corrected chi connectivity index (χ2v) is 8.38. The standard InChI is InChI=1S/C24H25FN4O5S/c1-29-22(16-10-12-26-13-11-16)21(15-4-6-17(25)7-5-15)28-24(29)35-14-19(30)27-18(23(32)34-3)8-9-20(31)33-2/h4-7,10-13,18H,8-9,14H2,1-3H3,(H,27,30). The number of esters is 2. The third-order valence-electron chi connectivity index (χ3n) is 5.14. The molecule has 0 spiro atoms. The third-order valence-corrected chi connectivity index (χ3v) is 6.17. The molecule has 2 aromatic heterocycles. The summed E-state index contributed by atoms with van der Waals surface area (Å²) in [5.41, 5.74) is 3.00. The zero-order valence-electron chi connectivity index (χ0n) is 19.5. The van der Waals surface area contributed by atoms with Crippen molar-refractivity contribution in [1.29, 1.82) is 0 Å². The summed E-state index contributed by atoms with van der Waals surface area (Å²) in [7, 11) is 4.28. The summed E-state index contributed by atoms with van der Waals surface area (Å²) in [5.74, 6) is -1.95. The summed E-state index contributed by atoms with van der Waals surface area (Å²) in [5, 5.41) is 3.15. The number of nitrogens with one attached hydrogen (secondary N) is 1. The highest BCUT2D eigenvalue weighted by molar-refractivity contribution is 7.99. The Morgan fingerprint density at radius 2 is 1.74 bits per heavy atom. The molecule has 0 bridgehead atoms. The van der Waals surface area contributed by atoms with Crippen LogP contribution in [0.2, 0.25) is 0 Å². The van der Waals surface area contributed by atoms with Crippen LogP contribution >= 0.6 is 11.8 Å². The Kier molecular flexibility index (Phi) is 8.96. The Morgan fingerprint density at radius 1 is 1.06 bits per heavy atom. The number of carbonyl (C=O) groups excluding carboxylic acids is 3. The molecule has 2 heterocycles. The van der Waals surface area contributed by atoms with Gasteiger partial charge in [-0.2, -0.15) is 0 Å². The first-order chi connectivity index (χ1) is 16.8. The first-order valence-corrected chi connectivity index (χ1v) is 11.6. The van der Waals surface area contributed by atoms with E-state index in [0.717, 1.165) is 16.8 Å². The number of rotatable bonds is 10. The topological polar surface area (TPSA) is 112 Å². The molecular formula is C24H25FN4O5S. The highest BCUT2D eigenvalue weighted by Gasteiger charge is 2.24. The van der Waals surface area contributed by atoms with Crippen molar-refractivity contribution in [3.8, 4) is 22.5 Å². The molecule has 9 nitrogen and oxygen atoms in total. The molecule has 0 aliphatic rings. The van der Waals surface area contributed by atoms with Crippen LogP contribution in [0.5, 0.6) is 0 Å². The molecular weight excluding hydrogens is 475 g/mol. The van der Waals surface area contributed by atoms with Crippen molar-refractivity contribution >= 4 is 29.6 Å². The molecule has 0 radical (unpaired) electrons. The van der Waals surface area contributed by atoms with Gasteiger partial charge in [0.2, 0.25) is 5.91 Å². The van der Waals surface area contributed by atoms with Gasteiger partial charge in [-0.15, -0.1) is 0 Å². The van der Waals surface area contributed by atoms with Crippen molar-refractivity contribution in [3.63, 3.8) is 0 Å². The molecule has 3 aromatic rings. The van der Waals surface area contributed by atoms with Crippen LogP contribution in [0.15, 0.2) is 53.9 Å². The lowest BCUT2D eigenvalue weighted by atomic mass is 10.1. The molecule has 11 heteroatoms. The van der Waals surface area contributed by atoms with Crippen molar-refractivity contribution in [3.05, 3.63) is 54.6 Å². The van der Waals surface area contributed by atoms with Crippen LogP contribution in [0.1, 0.15) is 12.8 Å². The second-order valence-electron chi connectivity index (χ2n) is 7.44. The summed E-state index contributed by atoms with van der Waals surface area (Å²) in [6.07, 6.45) is 3.34. The van der Waals surface area contributed by atoms with Gasteiger partial charge in [0.05, 0.1) is 31.4 Å². The van der Waals surface area contributed by atoms with E-state index in [-0.39, 0.29) is 24.4 Å². The van der Waals surface area contributed by atoms with Gasteiger partial charge in [-0.1, -0.05) is 11.8 Å². The largest absolute Gasteiger partial charge is 0.469 e. The monoisotopic (exact) mass is 500 g/mol. The number of hydrogen-bond acceptors (Lipinski definition) is 8. The minimum absolute atomic E-state index is 0.0325. The van der Waals surface area contributed by atoms with Crippen LogP contribution in [0.4, 0.5) is 4.39 Å². The molecule has 1 N–H and O–H groups in total. The summed E-state index contributed by atoms with van der Waals surface area (Å²) in [4.78, 5) is 44.8. The zero-order chi connectivity index (χ0) is 25.4. The predicted octanol–water partition coefficient (Wildman–Crippen LogP) is 2.99. The number of halogens is 1. The van der Waals surface area contributed by atoms with Crippen molar-refractivity contribution in [2.75, 3.05) is 20.0 Å². The van der Waals surface area contributed by atoms with E-state index >= 15 is 0 Å². The summed E-state index contributed by atoms with van der Waals surface area (Å²) in [6, 6.07) is 8.72. The van der Waals surface area contributed by atoms with E-state index in [2.05, 4.69) is 15.0 Å². The first-order valence-electron chi connectivity index (χ1n) is 10.6. The van der Waals surface area contributed by atoms with Gasteiger partial charge in [0.1, 0.15) is 11.9 Å². The SMILES string of the molecule is COC(=O)CCC(NC(=O)CSc1nc(-c2ccc(F)cc2)c(-c2ccncc2)n1C)C(=O)OC. The Balaban J connectivity index is 1.79. The molecule has 1 aromatic carbocycles. The number of aromatic nitrogens is 3. The maximum absolute atomic E-state index is 13.5. The normalized spacial score (nSPS) is 11.5. The van der Waals surface area contributed by atoms with Crippen molar-refractivity contribution < 1.29 is 28.2 Å². The third kappa shape index (κ3) is 6.66. The van der Waals surface area contributed by atoms with E-state index in [4.69, 9.17) is 9.72 Å². The molecule has 1 unspecified atom stereocenters. The molecule has 1 atom stereocenters. The van der Waals surface area contributed by atoms with Gasteiger partial charge < -0.3 is 19.4 Å². The number of nitrogens with zero attached hydrogens (tertiary/aromatic N) is 3. The Hall–Kier alpha value is -3.73. The average Bonchev–Trinajstić information content (AvgIpc) is 3.21. The smallest absolute Gasteiger partial charge is 0.328 e. The average molecular weight is 501 g/mol. The lowest BCUT2D eigenvalue weighted by Crippen LogP contribution is -2.42. The number of pyridine rings is 1. The van der Waals surface area contributed by atoms with Crippen LogP contribution in [-0.2, 0) is 30.9 Å². The summed E-state index contributed by atoms with van der Waals surface area (Å²) >= 11 is 1.18. The Morgan fingerprint density at radius 3 is 2.37 bits per heavy atom. The lowest BCUT2D eigenvalue weighted by molar-refractivity contribution is -0.146. The number of amides is 1. The van der Waals surface area contributed by atoms with Gasteiger partial charge in [-0.3, -0.25) is 14.6 Å². The van der Waals surface area contributed by atoms with E-state index in [1.165, 1.54) is 38.1 Å². The molecule has 3 rings (SSSR count). The Labute approximate surface area is 206 Å². The summed E-state index contributed by atoms with van der Waals surface area (Å²) < 4.78 is 24.6. The molecule has 0 aliphatic carbocycles. The van der Waals surface area contributed by atoms with Gasteiger partial charge in [0.25, 0.3) is 0 Å². The fourth-order valence-electron chi connectivity index (χ4n) is 3.38. The molecule has 0 saturated carbocycles. The fourth-order valence-corrected chi connectivity index (χ4v) is 4.16. The highest BCUT2D eigenvalue weighted by atomic mass is 32.2. The number of hydrogen-bond donors (Lipinski definition) is 1. The van der Waals surface area contributed by atoms with E-state index in [0.29, 0.717) is 10.9 Å². The quantitative estimate of drug-likeness (QED) is 0.334. The van der Waals surface area contributed by atoms with Crippen LogP contribution in [-0.4, -0.2) is 58.4 Å². The summed E-state index contributed by atoms with van der Waals surface area (Å²) in [6.45, 7) is 0. The number of benzene rings is 1. The molecule has 0 saturated heterocycles. The maximum atomic E-state index is 13.5. The fraction of sp³-hybridized carbons (Fsp3) is 0.292. The van der Waals surface area contributed by atoms with E-state index in [9.17, 15) is 18.8 Å². The maximum Gasteiger partial charge on any atom is 0.328 e. The van der Waals surface area contributed by atoms with Crippen molar-refractivity contribution in [2.24, 2.45) is 7.05 Å². The van der Waals surface area contributed by atoms with Crippen LogP contribution < -0.4 is 5.32 Å². The van der Waals surface area contributed by atoms with Gasteiger partial charge in [-0.25, -0.2) is 14.2 Å². The predicted molar refractivity (Wildman–Crippen MR) is 128 cm³/mol. The number of carbonyl (C=O) groups is 3. The van der Waals surface area contributed by atoms with Crippen LogP contribution in [0, 0.1) is 5.82 Å². The minimum atomic E-state index is -0.976. The Bertz CT molecular complexity index is 1180. The highest BCUT2D eigenvalue weighted by Crippen LogP contribution is 2.35. The number of imidazole rings is 1. The minimum Gasteiger partial charge on any atom is -0.469 e. The van der Waals surface area contributed by atoms with E-state index in [1.54, 1.807) is 24.5 Å². The first kappa shape index (κ1) is 25.9. The molecule has 35 heavy (non-hydrogen) atoms. The molecule has 184 valence electrons. The number of ether oxygens (including phenoxy) is 2. The van der Waals surface area contributed by atoms with Gasteiger partial charge in [0, 0.05) is 37.0 Å². The van der Waals surface area contributed by atoms with Crippen LogP contribution in [0.3, 0.4) is 0 Å².